The summed E-state index contributed by atoms with van der Waals surface area (Å²) in [6, 6.07) is 24.3. The van der Waals surface area contributed by atoms with Gasteiger partial charge in [-0.2, -0.15) is 0 Å². The Bertz CT molecular complexity index is 695. The van der Waals surface area contributed by atoms with Crippen molar-refractivity contribution in [2.24, 2.45) is 0 Å². The van der Waals surface area contributed by atoms with Gasteiger partial charge < -0.3 is 5.11 Å². The van der Waals surface area contributed by atoms with Gasteiger partial charge in [0.2, 0.25) is 0 Å². The van der Waals surface area contributed by atoms with Crippen LogP contribution in [0.2, 0.25) is 0 Å². The molecule has 1 nitrogen and oxygen atoms in total. The fourth-order valence-corrected chi connectivity index (χ4v) is 4.76. The van der Waals surface area contributed by atoms with Crippen LogP contribution < -0.4 is 0 Å². The number of rotatable bonds is 5. The monoisotopic (exact) mass is 326 g/mol. The van der Waals surface area contributed by atoms with E-state index in [1.165, 1.54) is 4.88 Å². The second-order valence-electron chi connectivity index (χ2n) is 5.31. The minimum absolute atomic E-state index is 0.420. The lowest BCUT2D eigenvalue weighted by atomic mass is 9.95. The van der Waals surface area contributed by atoms with Gasteiger partial charge in [-0.15, -0.1) is 23.1 Å². The van der Waals surface area contributed by atoms with E-state index in [1.54, 1.807) is 23.1 Å². The highest BCUT2D eigenvalue weighted by Gasteiger charge is 2.38. The lowest BCUT2D eigenvalue weighted by molar-refractivity contribution is 0.138. The molecule has 3 rings (SSSR count). The summed E-state index contributed by atoms with van der Waals surface area (Å²) in [5, 5.41) is 13.1. The molecule has 22 heavy (non-hydrogen) atoms. The summed E-state index contributed by atoms with van der Waals surface area (Å²) in [6.45, 7) is 2.12. The maximum Gasteiger partial charge on any atom is 0.0986 e. The highest BCUT2D eigenvalue weighted by molar-refractivity contribution is 8.00. The fourth-order valence-electron chi connectivity index (χ4n) is 2.49. The minimum atomic E-state index is -0.572. The Kier molecular flexibility index (Phi) is 4.67. The molecular weight excluding hydrogens is 308 g/mol. The quantitative estimate of drug-likeness (QED) is 0.626. The minimum Gasteiger partial charge on any atom is -0.387 e. The average molecular weight is 326 g/mol. The van der Waals surface area contributed by atoms with Crippen LogP contribution in [0.5, 0.6) is 0 Å². The first-order chi connectivity index (χ1) is 10.7. The molecule has 0 radical (unpaired) electrons. The molecule has 0 saturated heterocycles. The van der Waals surface area contributed by atoms with Crippen molar-refractivity contribution in [1.29, 1.82) is 0 Å². The average Bonchev–Trinajstić information content (AvgIpc) is 3.11. The summed E-state index contributed by atoms with van der Waals surface area (Å²) in [4.78, 5) is 2.34. The van der Waals surface area contributed by atoms with Crippen molar-refractivity contribution in [3.05, 3.63) is 88.6 Å². The van der Waals surface area contributed by atoms with E-state index in [2.05, 4.69) is 30.5 Å². The van der Waals surface area contributed by atoms with Crippen molar-refractivity contribution >= 4 is 23.1 Å². The Hall–Kier alpha value is -1.55. The number of thioether (sulfide) groups is 1. The van der Waals surface area contributed by atoms with Crippen molar-refractivity contribution in [3.63, 3.8) is 0 Å². The Balaban J connectivity index is 2.00. The normalized spacial score (nSPS) is 15.2. The van der Waals surface area contributed by atoms with Crippen molar-refractivity contribution in [2.75, 3.05) is 0 Å². The van der Waals surface area contributed by atoms with Crippen molar-refractivity contribution < 1.29 is 5.11 Å². The van der Waals surface area contributed by atoms with E-state index in [4.69, 9.17) is 0 Å². The summed E-state index contributed by atoms with van der Waals surface area (Å²) in [6.07, 6.45) is -0.572. The lowest BCUT2D eigenvalue weighted by Gasteiger charge is -2.33. The summed E-state index contributed by atoms with van der Waals surface area (Å²) < 4.78 is -0.420. The highest BCUT2D eigenvalue weighted by atomic mass is 32.2. The van der Waals surface area contributed by atoms with Crippen molar-refractivity contribution in [1.82, 2.24) is 0 Å². The number of thiophene rings is 1. The number of hydrogen-bond acceptors (Lipinski definition) is 3. The zero-order chi connectivity index (χ0) is 15.4. The van der Waals surface area contributed by atoms with Gasteiger partial charge in [0.1, 0.15) is 0 Å². The molecule has 0 spiro atoms. The van der Waals surface area contributed by atoms with E-state index < -0.39 is 10.9 Å². The molecule has 3 heteroatoms. The van der Waals surface area contributed by atoms with Gasteiger partial charge in [-0.1, -0.05) is 54.6 Å². The summed E-state index contributed by atoms with van der Waals surface area (Å²) in [5.74, 6) is 0. The predicted molar refractivity (Wildman–Crippen MR) is 95.4 cm³/mol. The molecule has 0 aliphatic rings. The molecule has 2 atom stereocenters. The molecule has 1 aromatic heterocycles. The number of hydrogen-bond donors (Lipinski definition) is 1. The molecule has 2 unspecified atom stereocenters. The molecule has 0 amide bonds. The molecule has 1 N–H and O–H groups in total. The molecule has 0 aliphatic heterocycles. The van der Waals surface area contributed by atoms with Crippen molar-refractivity contribution in [2.45, 2.75) is 22.7 Å². The van der Waals surface area contributed by atoms with Crippen LogP contribution in [0, 0.1) is 0 Å². The third-order valence-corrected chi connectivity index (χ3v) is 6.33. The Labute approximate surface area is 139 Å². The first-order valence-electron chi connectivity index (χ1n) is 7.21. The van der Waals surface area contributed by atoms with Crippen LogP contribution in [0.3, 0.4) is 0 Å². The number of aliphatic hydroxyl groups excluding tert-OH is 1. The second kappa shape index (κ2) is 6.69. The van der Waals surface area contributed by atoms with E-state index in [9.17, 15) is 5.11 Å². The smallest absolute Gasteiger partial charge is 0.0986 e. The van der Waals surface area contributed by atoms with Gasteiger partial charge in [-0.25, -0.2) is 0 Å². The largest absolute Gasteiger partial charge is 0.387 e. The van der Waals surface area contributed by atoms with E-state index in [-0.39, 0.29) is 0 Å². The van der Waals surface area contributed by atoms with Crippen LogP contribution in [0.1, 0.15) is 23.5 Å². The molecule has 2 aromatic carbocycles. The van der Waals surface area contributed by atoms with E-state index >= 15 is 0 Å². The first kappa shape index (κ1) is 15.3. The summed E-state index contributed by atoms with van der Waals surface area (Å²) in [7, 11) is 0. The third kappa shape index (κ3) is 3.12. The lowest BCUT2D eigenvalue weighted by Crippen LogP contribution is -2.25. The van der Waals surface area contributed by atoms with Gasteiger partial charge in [-0.05, 0) is 36.1 Å². The predicted octanol–water partition coefficient (Wildman–Crippen LogP) is 5.49. The highest BCUT2D eigenvalue weighted by Crippen LogP contribution is 2.50. The zero-order valence-corrected chi connectivity index (χ0v) is 14.0. The SMILES string of the molecule is CC(Sc1ccccc1)(c1cccs1)C(O)c1ccccc1. The molecule has 0 bridgehead atoms. The topological polar surface area (TPSA) is 20.2 Å². The molecule has 3 aromatic rings. The van der Waals surface area contributed by atoms with Gasteiger partial charge in [-0.3, -0.25) is 0 Å². The van der Waals surface area contributed by atoms with Gasteiger partial charge in [0.25, 0.3) is 0 Å². The molecule has 112 valence electrons. The van der Waals surface area contributed by atoms with E-state index in [1.807, 2.05) is 54.6 Å². The Morgan fingerprint density at radius 1 is 0.909 bits per heavy atom. The van der Waals surface area contributed by atoms with Gasteiger partial charge in [0.05, 0.1) is 10.9 Å². The second-order valence-corrected chi connectivity index (χ2v) is 7.78. The summed E-state index contributed by atoms with van der Waals surface area (Å²) in [5.41, 5.74) is 0.946. The van der Waals surface area contributed by atoms with Gasteiger partial charge in [0, 0.05) is 9.77 Å². The molecule has 1 heterocycles. The first-order valence-corrected chi connectivity index (χ1v) is 8.91. The van der Waals surface area contributed by atoms with Crippen LogP contribution in [0.4, 0.5) is 0 Å². The molecular formula is C19H18OS2. The zero-order valence-electron chi connectivity index (χ0n) is 12.3. The molecule has 0 saturated carbocycles. The molecule has 0 fully saturated rings. The van der Waals surface area contributed by atoms with Gasteiger partial charge in [0.15, 0.2) is 0 Å². The molecule has 0 aliphatic carbocycles. The summed E-state index contributed by atoms with van der Waals surface area (Å²) >= 11 is 3.40. The standard InChI is InChI=1S/C19H18OS2/c1-19(17-13-8-14-21-17,22-16-11-6-3-7-12-16)18(20)15-9-4-2-5-10-15/h2-14,18,20H,1H3. The van der Waals surface area contributed by atoms with E-state index in [0.717, 1.165) is 10.5 Å². The van der Waals surface area contributed by atoms with Gasteiger partial charge >= 0.3 is 0 Å². The third-order valence-electron chi connectivity index (χ3n) is 3.72. The maximum atomic E-state index is 11.1. The fraction of sp³-hybridized carbons (Fsp3) is 0.158. The van der Waals surface area contributed by atoms with Crippen LogP contribution in [0.25, 0.3) is 0 Å². The Morgan fingerprint density at radius 3 is 2.14 bits per heavy atom. The van der Waals surface area contributed by atoms with Crippen molar-refractivity contribution in [3.8, 4) is 0 Å². The number of aliphatic hydroxyl groups is 1. The van der Waals surface area contributed by atoms with Crippen LogP contribution in [0.15, 0.2) is 83.1 Å². The van der Waals surface area contributed by atoms with Crippen LogP contribution >= 0.6 is 23.1 Å². The maximum absolute atomic E-state index is 11.1. The van der Waals surface area contributed by atoms with Crippen LogP contribution in [-0.2, 0) is 4.75 Å². The Morgan fingerprint density at radius 2 is 1.55 bits per heavy atom. The van der Waals surface area contributed by atoms with E-state index in [0.29, 0.717) is 0 Å². The number of benzene rings is 2. The van der Waals surface area contributed by atoms with Crippen LogP contribution in [-0.4, -0.2) is 5.11 Å².